The van der Waals surface area contributed by atoms with E-state index in [4.69, 9.17) is 10.2 Å². The highest BCUT2D eigenvalue weighted by molar-refractivity contribution is 7.89. The van der Waals surface area contributed by atoms with E-state index in [-0.39, 0.29) is 17.5 Å². The molecule has 0 heterocycles. The molecule has 106 valence electrons. The van der Waals surface area contributed by atoms with Crippen LogP contribution in [0.5, 0.6) is 0 Å². The van der Waals surface area contributed by atoms with E-state index in [2.05, 4.69) is 10.6 Å². The van der Waals surface area contributed by atoms with E-state index in [1.165, 1.54) is 24.3 Å². The summed E-state index contributed by atoms with van der Waals surface area (Å²) in [6.07, 6.45) is 1.32. The Hall–Kier alpha value is -1.64. The molecule has 19 heavy (non-hydrogen) atoms. The first-order valence-corrected chi connectivity index (χ1v) is 7.26. The maximum Gasteiger partial charge on any atom is 0.319 e. The van der Waals surface area contributed by atoms with Crippen molar-refractivity contribution in [3.8, 4) is 0 Å². The Kier molecular flexibility index (Phi) is 5.74. The van der Waals surface area contributed by atoms with Crippen molar-refractivity contribution >= 4 is 21.7 Å². The van der Waals surface area contributed by atoms with E-state index in [1.54, 1.807) is 0 Å². The van der Waals surface area contributed by atoms with E-state index < -0.39 is 10.0 Å². The number of hydrogen-bond acceptors (Lipinski definition) is 4. The van der Waals surface area contributed by atoms with Crippen LogP contribution in [0.2, 0.25) is 0 Å². The van der Waals surface area contributed by atoms with Gasteiger partial charge in [-0.05, 0) is 37.1 Å². The molecule has 1 aromatic rings. The van der Waals surface area contributed by atoms with Crippen molar-refractivity contribution in [2.45, 2.75) is 17.7 Å². The Morgan fingerprint density at radius 3 is 2.37 bits per heavy atom. The molecular formula is C11H17N3O4S. The number of primary sulfonamides is 1. The van der Waals surface area contributed by atoms with Crippen LogP contribution in [0.4, 0.5) is 10.5 Å². The summed E-state index contributed by atoms with van der Waals surface area (Å²) >= 11 is 0. The number of aliphatic hydroxyl groups is 1. The van der Waals surface area contributed by atoms with Crippen LogP contribution >= 0.6 is 0 Å². The highest BCUT2D eigenvalue weighted by Crippen LogP contribution is 2.12. The van der Waals surface area contributed by atoms with Gasteiger partial charge in [-0.15, -0.1) is 0 Å². The fourth-order valence-electron chi connectivity index (χ4n) is 1.34. The van der Waals surface area contributed by atoms with E-state index in [0.29, 0.717) is 25.1 Å². The SMILES string of the molecule is NS(=O)(=O)c1ccc(NC(=O)NCCCCO)cc1. The monoisotopic (exact) mass is 287 g/mol. The number of nitrogens with two attached hydrogens (primary N) is 1. The van der Waals surface area contributed by atoms with Crippen LogP contribution in [0.15, 0.2) is 29.2 Å². The second-order valence-corrected chi connectivity index (χ2v) is 5.44. The number of amides is 2. The summed E-state index contributed by atoms with van der Waals surface area (Å²) in [5, 5.41) is 18.7. The maximum absolute atomic E-state index is 11.4. The highest BCUT2D eigenvalue weighted by Gasteiger charge is 2.07. The largest absolute Gasteiger partial charge is 0.396 e. The maximum atomic E-state index is 11.4. The van der Waals surface area contributed by atoms with Gasteiger partial charge in [-0.1, -0.05) is 0 Å². The molecule has 0 spiro atoms. The number of carbonyl (C=O) groups is 1. The van der Waals surface area contributed by atoms with Crippen molar-refractivity contribution in [3.63, 3.8) is 0 Å². The Balaban J connectivity index is 2.47. The van der Waals surface area contributed by atoms with E-state index in [0.717, 1.165) is 0 Å². The lowest BCUT2D eigenvalue weighted by Crippen LogP contribution is -2.29. The van der Waals surface area contributed by atoms with Crippen molar-refractivity contribution < 1.29 is 18.3 Å². The van der Waals surface area contributed by atoms with Gasteiger partial charge in [-0.3, -0.25) is 0 Å². The van der Waals surface area contributed by atoms with E-state index in [1.807, 2.05) is 0 Å². The number of urea groups is 1. The van der Waals surface area contributed by atoms with Gasteiger partial charge < -0.3 is 15.7 Å². The number of nitrogens with one attached hydrogen (secondary N) is 2. The van der Waals surface area contributed by atoms with Gasteiger partial charge in [0.05, 0.1) is 4.90 Å². The molecule has 0 atom stereocenters. The zero-order valence-corrected chi connectivity index (χ0v) is 11.1. The number of rotatable bonds is 6. The molecule has 0 aliphatic carbocycles. The first-order chi connectivity index (χ1) is 8.93. The minimum Gasteiger partial charge on any atom is -0.396 e. The molecule has 1 rings (SSSR count). The molecule has 0 aliphatic rings. The van der Waals surface area contributed by atoms with Crippen LogP contribution in [0.25, 0.3) is 0 Å². The summed E-state index contributed by atoms with van der Waals surface area (Å²) < 4.78 is 22.1. The number of benzene rings is 1. The van der Waals surface area contributed by atoms with Crippen molar-refractivity contribution in [2.24, 2.45) is 5.14 Å². The second kappa shape index (κ2) is 7.07. The topological polar surface area (TPSA) is 122 Å². The fourth-order valence-corrected chi connectivity index (χ4v) is 1.86. The predicted molar refractivity (Wildman–Crippen MR) is 71.2 cm³/mol. The summed E-state index contributed by atoms with van der Waals surface area (Å²) in [4.78, 5) is 11.4. The normalized spacial score (nSPS) is 11.1. The number of hydrogen-bond donors (Lipinski definition) is 4. The van der Waals surface area contributed by atoms with Crippen LogP contribution in [0.3, 0.4) is 0 Å². The first kappa shape index (κ1) is 15.4. The Morgan fingerprint density at radius 2 is 1.84 bits per heavy atom. The van der Waals surface area contributed by atoms with Crippen molar-refractivity contribution in [2.75, 3.05) is 18.5 Å². The van der Waals surface area contributed by atoms with Gasteiger partial charge in [-0.2, -0.15) is 0 Å². The van der Waals surface area contributed by atoms with Gasteiger partial charge in [0.1, 0.15) is 0 Å². The number of anilines is 1. The zero-order valence-electron chi connectivity index (χ0n) is 10.3. The molecule has 0 saturated carbocycles. The van der Waals surface area contributed by atoms with Crippen molar-refractivity contribution in [1.82, 2.24) is 5.32 Å². The molecule has 7 nitrogen and oxygen atoms in total. The summed E-state index contributed by atoms with van der Waals surface area (Å²) in [6, 6.07) is 5.15. The molecule has 0 unspecified atom stereocenters. The third-order valence-corrected chi connectivity index (χ3v) is 3.24. The van der Waals surface area contributed by atoms with Crippen molar-refractivity contribution in [1.29, 1.82) is 0 Å². The highest BCUT2D eigenvalue weighted by atomic mass is 32.2. The number of aliphatic hydroxyl groups excluding tert-OH is 1. The van der Waals surface area contributed by atoms with Gasteiger partial charge in [0.15, 0.2) is 0 Å². The average Bonchev–Trinajstić information content (AvgIpc) is 2.34. The summed E-state index contributed by atoms with van der Waals surface area (Å²) in [6.45, 7) is 0.556. The minimum absolute atomic E-state index is 0.0126. The molecular weight excluding hydrogens is 270 g/mol. The predicted octanol–water partition coefficient (Wildman–Crippen LogP) is 0.228. The van der Waals surface area contributed by atoms with Crippen LogP contribution in [-0.4, -0.2) is 32.7 Å². The Morgan fingerprint density at radius 1 is 1.21 bits per heavy atom. The molecule has 8 heteroatoms. The van der Waals surface area contributed by atoms with E-state index >= 15 is 0 Å². The molecule has 0 saturated heterocycles. The van der Waals surface area contributed by atoms with Gasteiger partial charge in [-0.25, -0.2) is 18.4 Å². The zero-order chi connectivity index (χ0) is 14.3. The van der Waals surface area contributed by atoms with E-state index in [9.17, 15) is 13.2 Å². The van der Waals surface area contributed by atoms with Gasteiger partial charge in [0.25, 0.3) is 0 Å². The van der Waals surface area contributed by atoms with Crippen LogP contribution < -0.4 is 15.8 Å². The molecule has 0 bridgehead atoms. The summed E-state index contributed by atoms with van der Waals surface area (Å²) in [5.41, 5.74) is 0.465. The Labute approximate surface area is 111 Å². The van der Waals surface area contributed by atoms with Gasteiger partial charge in [0.2, 0.25) is 10.0 Å². The molecule has 0 fully saturated rings. The third-order valence-electron chi connectivity index (χ3n) is 2.31. The van der Waals surface area contributed by atoms with Crippen LogP contribution in [0.1, 0.15) is 12.8 Å². The summed E-state index contributed by atoms with van der Waals surface area (Å²) in [5.74, 6) is 0. The van der Waals surface area contributed by atoms with Crippen LogP contribution in [0, 0.1) is 0 Å². The Bertz CT molecular complexity index is 513. The molecule has 0 aliphatic heterocycles. The lowest BCUT2D eigenvalue weighted by atomic mass is 10.3. The average molecular weight is 287 g/mol. The minimum atomic E-state index is -3.72. The molecule has 2 amide bonds. The number of unbranched alkanes of at least 4 members (excludes halogenated alkanes) is 1. The third kappa shape index (κ3) is 5.69. The number of sulfonamides is 1. The quantitative estimate of drug-likeness (QED) is 0.559. The van der Waals surface area contributed by atoms with Gasteiger partial charge >= 0.3 is 6.03 Å². The van der Waals surface area contributed by atoms with Crippen molar-refractivity contribution in [3.05, 3.63) is 24.3 Å². The second-order valence-electron chi connectivity index (χ2n) is 3.88. The lowest BCUT2D eigenvalue weighted by Gasteiger charge is -2.07. The van der Waals surface area contributed by atoms with Crippen LogP contribution in [-0.2, 0) is 10.0 Å². The molecule has 5 N–H and O–H groups in total. The summed E-state index contributed by atoms with van der Waals surface area (Å²) in [7, 11) is -3.72. The lowest BCUT2D eigenvalue weighted by molar-refractivity contribution is 0.250. The molecule has 0 aromatic heterocycles. The number of carbonyl (C=O) groups excluding carboxylic acids is 1. The molecule has 0 radical (unpaired) electrons. The first-order valence-electron chi connectivity index (χ1n) is 5.72. The fraction of sp³-hybridized carbons (Fsp3) is 0.364. The smallest absolute Gasteiger partial charge is 0.319 e. The van der Waals surface area contributed by atoms with Gasteiger partial charge in [0, 0.05) is 18.8 Å². The standard InChI is InChI=1S/C11H17N3O4S/c12-19(17,18)10-5-3-9(4-6-10)14-11(16)13-7-1-2-8-15/h3-6,15H,1-2,7-8H2,(H2,12,17,18)(H2,13,14,16). The molecule has 1 aromatic carbocycles.